The summed E-state index contributed by atoms with van der Waals surface area (Å²) < 4.78 is 0. The maximum Gasteiger partial charge on any atom is 0.225 e. The van der Waals surface area contributed by atoms with Gasteiger partial charge in [-0.25, -0.2) is 9.97 Å². The van der Waals surface area contributed by atoms with E-state index in [2.05, 4.69) is 30.4 Å². The molecule has 7 heteroatoms. The first kappa shape index (κ1) is 17.0. The van der Waals surface area contributed by atoms with Crippen molar-refractivity contribution in [1.29, 1.82) is 0 Å². The summed E-state index contributed by atoms with van der Waals surface area (Å²) in [6.07, 6.45) is 7.76. The maximum absolute atomic E-state index is 5.99. The van der Waals surface area contributed by atoms with Crippen molar-refractivity contribution in [2.24, 2.45) is 0 Å². The van der Waals surface area contributed by atoms with Crippen LogP contribution in [-0.4, -0.2) is 39.3 Å². The molecule has 26 heavy (non-hydrogen) atoms. The lowest BCUT2D eigenvalue weighted by Gasteiger charge is -2.33. The van der Waals surface area contributed by atoms with Gasteiger partial charge in [-0.05, 0) is 36.6 Å². The van der Waals surface area contributed by atoms with Crippen LogP contribution in [0.1, 0.15) is 18.4 Å². The van der Waals surface area contributed by atoms with Crippen molar-refractivity contribution in [3.05, 3.63) is 59.5 Å². The molecule has 1 atom stereocenters. The number of H-pyrrole nitrogens is 1. The third-order valence-corrected chi connectivity index (χ3v) is 4.94. The van der Waals surface area contributed by atoms with E-state index in [1.54, 1.807) is 12.4 Å². The molecule has 0 aliphatic carbocycles. The van der Waals surface area contributed by atoms with Crippen molar-refractivity contribution in [2.75, 3.05) is 18.0 Å². The molecule has 1 aliphatic rings. The highest BCUT2D eigenvalue weighted by Gasteiger charge is 2.21. The molecular weight excluding hydrogens is 348 g/mol. The summed E-state index contributed by atoms with van der Waals surface area (Å²) in [6.45, 7) is 2.69. The minimum atomic E-state index is 0.403. The molecule has 134 valence electrons. The highest BCUT2D eigenvalue weighted by molar-refractivity contribution is 6.30. The maximum atomic E-state index is 5.99. The van der Waals surface area contributed by atoms with Crippen LogP contribution in [0.25, 0.3) is 11.3 Å². The molecule has 0 radical (unpaired) electrons. The summed E-state index contributed by atoms with van der Waals surface area (Å²) in [5.74, 6) is 0.809. The van der Waals surface area contributed by atoms with Gasteiger partial charge in [0.2, 0.25) is 5.95 Å². The van der Waals surface area contributed by atoms with E-state index in [9.17, 15) is 0 Å². The summed E-state index contributed by atoms with van der Waals surface area (Å²) >= 11 is 5.99. The third kappa shape index (κ3) is 3.86. The van der Waals surface area contributed by atoms with Crippen molar-refractivity contribution < 1.29 is 0 Å². The first-order chi connectivity index (χ1) is 12.8. The summed E-state index contributed by atoms with van der Waals surface area (Å²) in [6, 6.07) is 10.1. The Morgan fingerprint density at radius 2 is 2.00 bits per heavy atom. The van der Waals surface area contributed by atoms with E-state index >= 15 is 0 Å². The predicted octanol–water partition coefficient (Wildman–Crippen LogP) is 3.28. The van der Waals surface area contributed by atoms with Crippen LogP contribution in [0.15, 0.2) is 48.9 Å². The fourth-order valence-electron chi connectivity index (χ4n) is 3.35. The molecule has 1 unspecified atom stereocenters. The zero-order valence-electron chi connectivity index (χ0n) is 14.4. The zero-order valence-corrected chi connectivity index (χ0v) is 15.2. The highest BCUT2D eigenvalue weighted by atomic mass is 35.5. The fourth-order valence-corrected chi connectivity index (χ4v) is 3.47. The number of hydrogen-bond acceptors (Lipinski definition) is 5. The normalized spacial score (nSPS) is 17.4. The molecule has 0 amide bonds. The van der Waals surface area contributed by atoms with E-state index in [1.807, 2.05) is 36.5 Å². The fraction of sp³-hybridized carbons (Fsp3) is 0.316. The second kappa shape index (κ2) is 7.85. The minimum absolute atomic E-state index is 0.403. The van der Waals surface area contributed by atoms with E-state index in [-0.39, 0.29) is 0 Å². The Bertz CT molecular complexity index is 833. The van der Waals surface area contributed by atoms with Gasteiger partial charge < -0.3 is 10.2 Å². The molecule has 2 aromatic heterocycles. The Morgan fingerprint density at radius 3 is 2.81 bits per heavy atom. The molecule has 3 heterocycles. The average Bonchev–Trinajstić information content (AvgIpc) is 3.16. The number of hydrogen-bond donors (Lipinski definition) is 2. The van der Waals surface area contributed by atoms with Gasteiger partial charge in [-0.3, -0.25) is 5.10 Å². The van der Waals surface area contributed by atoms with E-state index < -0.39 is 0 Å². The number of halogens is 1. The Balaban J connectivity index is 1.40. The molecule has 2 N–H and O–H groups in total. The largest absolute Gasteiger partial charge is 0.339 e. The van der Waals surface area contributed by atoms with Crippen LogP contribution in [0.3, 0.4) is 0 Å². The molecule has 1 aliphatic heterocycles. The van der Waals surface area contributed by atoms with Gasteiger partial charge in [-0.2, -0.15) is 5.10 Å². The number of piperidine rings is 1. The van der Waals surface area contributed by atoms with Gasteiger partial charge in [-0.1, -0.05) is 23.7 Å². The molecule has 1 fully saturated rings. The lowest BCUT2D eigenvalue weighted by molar-refractivity contribution is 0.418. The van der Waals surface area contributed by atoms with E-state index in [4.69, 9.17) is 11.6 Å². The number of nitrogens with zero attached hydrogens (tertiary/aromatic N) is 4. The predicted molar refractivity (Wildman–Crippen MR) is 103 cm³/mol. The zero-order chi connectivity index (χ0) is 17.8. The van der Waals surface area contributed by atoms with E-state index in [1.165, 1.54) is 0 Å². The van der Waals surface area contributed by atoms with Gasteiger partial charge in [0.1, 0.15) is 0 Å². The van der Waals surface area contributed by atoms with Crippen molar-refractivity contribution in [2.45, 2.75) is 25.4 Å². The van der Waals surface area contributed by atoms with Gasteiger partial charge in [0.05, 0.1) is 11.9 Å². The molecule has 3 aromatic rings. The van der Waals surface area contributed by atoms with E-state index in [0.29, 0.717) is 6.04 Å². The molecule has 0 bridgehead atoms. The van der Waals surface area contributed by atoms with Crippen molar-refractivity contribution in [3.63, 3.8) is 0 Å². The van der Waals surface area contributed by atoms with Crippen molar-refractivity contribution >= 4 is 17.5 Å². The smallest absolute Gasteiger partial charge is 0.225 e. The monoisotopic (exact) mass is 368 g/mol. The molecule has 6 nitrogen and oxygen atoms in total. The molecular formula is C19H21ClN6. The molecule has 1 aromatic carbocycles. The Labute approximate surface area is 157 Å². The summed E-state index contributed by atoms with van der Waals surface area (Å²) in [5, 5.41) is 11.7. The first-order valence-electron chi connectivity index (χ1n) is 8.83. The molecule has 0 spiro atoms. The van der Waals surface area contributed by atoms with Gasteiger partial charge >= 0.3 is 0 Å². The standard InChI is InChI=1S/C19H21ClN6/c20-16-6-4-14(5-7-16)18-15(12-24-25-18)11-23-17-3-1-10-26(13-17)19-21-8-2-9-22-19/h2,4-9,12,17,23H,1,3,10-11,13H2,(H,24,25). The van der Waals surface area contributed by atoms with Crippen LogP contribution < -0.4 is 10.2 Å². The van der Waals surface area contributed by atoms with Crippen molar-refractivity contribution in [3.8, 4) is 11.3 Å². The first-order valence-corrected chi connectivity index (χ1v) is 9.21. The van der Waals surface area contributed by atoms with Crippen LogP contribution in [0, 0.1) is 0 Å². The summed E-state index contributed by atoms with van der Waals surface area (Å²) in [5.41, 5.74) is 3.28. The lowest BCUT2D eigenvalue weighted by atomic mass is 10.0. The Hall–Kier alpha value is -2.44. The second-order valence-electron chi connectivity index (χ2n) is 6.49. The number of aromatic amines is 1. The number of aromatic nitrogens is 4. The van der Waals surface area contributed by atoms with Crippen LogP contribution >= 0.6 is 11.6 Å². The number of rotatable bonds is 5. The van der Waals surface area contributed by atoms with Gasteiger partial charge in [0.25, 0.3) is 0 Å². The molecule has 4 rings (SSSR count). The molecule has 1 saturated heterocycles. The van der Waals surface area contributed by atoms with Gasteiger partial charge in [0, 0.05) is 48.7 Å². The topological polar surface area (TPSA) is 69.7 Å². The second-order valence-corrected chi connectivity index (χ2v) is 6.93. The summed E-state index contributed by atoms with van der Waals surface area (Å²) in [7, 11) is 0. The number of benzene rings is 1. The minimum Gasteiger partial charge on any atom is -0.339 e. The molecule has 0 saturated carbocycles. The van der Waals surface area contributed by atoms with Crippen LogP contribution in [-0.2, 0) is 6.54 Å². The van der Waals surface area contributed by atoms with Gasteiger partial charge in [-0.15, -0.1) is 0 Å². The quantitative estimate of drug-likeness (QED) is 0.723. The van der Waals surface area contributed by atoms with Crippen molar-refractivity contribution in [1.82, 2.24) is 25.5 Å². The van der Waals surface area contributed by atoms with Gasteiger partial charge in [0.15, 0.2) is 0 Å². The Morgan fingerprint density at radius 1 is 1.19 bits per heavy atom. The van der Waals surface area contributed by atoms with Crippen LogP contribution in [0.4, 0.5) is 5.95 Å². The third-order valence-electron chi connectivity index (χ3n) is 4.69. The lowest BCUT2D eigenvalue weighted by Crippen LogP contribution is -2.46. The summed E-state index contributed by atoms with van der Waals surface area (Å²) in [4.78, 5) is 11.0. The van der Waals surface area contributed by atoms with Crippen LogP contribution in [0.2, 0.25) is 5.02 Å². The number of anilines is 1. The Kier molecular flexibility index (Phi) is 5.13. The highest BCUT2D eigenvalue weighted by Crippen LogP contribution is 2.23. The average molecular weight is 369 g/mol. The van der Waals surface area contributed by atoms with Crippen LogP contribution in [0.5, 0.6) is 0 Å². The SMILES string of the molecule is Clc1ccc(-c2[nH]ncc2CNC2CCCN(c3ncccn3)C2)cc1. The van der Waals surface area contributed by atoms with E-state index in [0.717, 1.165) is 60.3 Å². The number of nitrogens with one attached hydrogen (secondary N) is 2.